The first-order valence-corrected chi connectivity index (χ1v) is 14.5. The van der Waals surface area contributed by atoms with E-state index in [1.165, 1.54) is 23.9 Å². The van der Waals surface area contributed by atoms with Gasteiger partial charge in [-0.3, -0.25) is 0 Å². The third kappa shape index (κ3) is 11.9. The molecule has 11 heteroatoms. The SMILES string of the molecule is C=CC(=O)OCCN(C)c1ccc(/C(S)=C/SNS/C=C(\S)c2ccc(N(C)CCOC(=O)C=C)cc2)cc1. The number of hydrogen-bond acceptors (Lipinski definition) is 11. The van der Waals surface area contributed by atoms with E-state index in [1.807, 2.05) is 83.2 Å². The fraction of sp³-hybridized carbons (Fsp3) is 0.214. The van der Waals surface area contributed by atoms with Gasteiger partial charge < -0.3 is 19.3 Å². The van der Waals surface area contributed by atoms with Crippen LogP contribution in [0.2, 0.25) is 0 Å². The fourth-order valence-electron chi connectivity index (χ4n) is 3.04. The van der Waals surface area contributed by atoms with E-state index in [1.54, 1.807) is 0 Å². The largest absolute Gasteiger partial charge is 0.461 e. The number of nitrogens with one attached hydrogen (secondary N) is 1. The maximum Gasteiger partial charge on any atom is 0.330 e. The van der Waals surface area contributed by atoms with E-state index < -0.39 is 11.9 Å². The maximum absolute atomic E-state index is 11.2. The van der Waals surface area contributed by atoms with Crippen LogP contribution in [-0.4, -0.2) is 52.3 Å². The van der Waals surface area contributed by atoms with E-state index in [2.05, 4.69) is 42.5 Å². The van der Waals surface area contributed by atoms with E-state index in [0.717, 1.165) is 44.5 Å². The molecule has 2 rings (SSSR count). The molecule has 0 aliphatic rings. The molecule has 1 N–H and O–H groups in total. The van der Waals surface area contributed by atoms with Crippen molar-refractivity contribution in [3.63, 3.8) is 0 Å². The first-order chi connectivity index (χ1) is 18.7. The molecule has 7 nitrogen and oxygen atoms in total. The Morgan fingerprint density at radius 3 is 1.46 bits per heavy atom. The normalized spacial score (nSPS) is 11.5. The Kier molecular flexibility index (Phi) is 14.8. The van der Waals surface area contributed by atoms with E-state index in [-0.39, 0.29) is 0 Å². The number of ether oxygens (including phenoxy) is 2. The lowest BCUT2D eigenvalue weighted by molar-refractivity contribution is -0.138. The molecule has 2 aromatic rings. The molecule has 0 aromatic heterocycles. The van der Waals surface area contributed by atoms with Gasteiger partial charge in [0, 0.05) is 58.2 Å². The summed E-state index contributed by atoms with van der Waals surface area (Å²) in [5, 5.41) is 3.85. The lowest BCUT2D eigenvalue weighted by atomic mass is 10.2. The van der Waals surface area contributed by atoms with E-state index in [9.17, 15) is 9.59 Å². The Bertz CT molecular complexity index is 1080. The summed E-state index contributed by atoms with van der Waals surface area (Å²) in [6, 6.07) is 16.0. The highest BCUT2D eigenvalue weighted by Crippen LogP contribution is 2.27. The molecule has 0 saturated heterocycles. The molecule has 0 spiro atoms. The Balaban J connectivity index is 1.78. The molecule has 0 heterocycles. The standard InChI is InChI=1S/C28H33N3O4S4/c1-5-27(32)34-17-15-30(3)23-11-7-21(8-12-23)25(36)19-38-29-39-20-26(37)22-9-13-24(14-10-22)31(4)16-18-35-28(33)6-2/h5-14,19-20,29,36-37H,1-2,15-18H2,3-4H3/b25-19-,26-20-. The predicted molar refractivity (Wildman–Crippen MR) is 174 cm³/mol. The molecular formula is C28H33N3O4S4. The van der Waals surface area contributed by atoms with Crippen LogP contribution >= 0.6 is 49.2 Å². The van der Waals surface area contributed by atoms with Crippen LogP contribution in [0.5, 0.6) is 0 Å². The number of carbonyl (C=O) groups excluding carboxylic acids is 2. The molecule has 0 aliphatic carbocycles. The molecular weight excluding hydrogens is 571 g/mol. The zero-order chi connectivity index (χ0) is 28.6. The summed E-state index contributed by atoms with van der Waals surface area (Å²) in [4.78, 5) is 28.0. The smallest absolute Gasteiger partial charge is 0.330 e. The van der Waals surface area contributed by atoms with Gasteiger partial charge in [-0.15, -0.1) is 25.3 Å². The van der Waals surface area contributed by atoms with Gasteiger partial charge in [0.1, 0.15) is 13.2 Å². The van der Waals surface area contributed by atoms with Crippen molar-refractivity contribution in [3.8, 4) is 0 Å². The van der Waals surface area contributed by atoms with Gasteiger partial charge in [-0.2, -0.15) is 0 Å². The van der Waals surface area contributed by atoms with Gasteiger partial charge in [0.15, 0.2) is 0 Å². The quantitative estimate of drug-likeness (QED) is 0.0698. The van der Waals surface area contributed by atoms with Crippen LogP contribution in [0.25, 0.3) is 9.81 Å². The zero-order valence-corrected chi connectivity index (χ0v) is 25.3. The number of likely N-dealkylation sites (N-methyl/N-ethyl adjacent to an activating group) is 2. The van der Waals surface area contributed by atoms with E-state index in [4.69, 9.17) is 9.47 Å². The van der Waals surface area contributed by atoms with Crippen molar-refractivity contribution in [1.82, 2.24) is 4.13 Å². The van der Waals surface area contributed by atoms with E-state index >= 15 is 0 Å². The van der Waals surface area contributed by atoms with Crippen molar-refractivity contribution < 1.29 is 19.1 Å². The van der Waals surface area contributed by atoms with Gasteiger partial charge in [0.2, 0.25) is 0 Å². The minimum Gasteiger partial charge on any atom is -0.461 e. The van der Waals surface area contributed by atoms with Crippen molar-refractivity contribution in [3.05, 3.63) is 95.8 Å². The van der Waals surface area contributed by atoms with Gasteiger partial charge >= 0.3 is 11.9 Å². The molecule has 39 heavy (non-hydrogen) atoms. The highest BCUT2D eigenvalue weighted by molar-refractivity contribution is 8.16. The van der Waals surface area contributed by atoms with Gasteiger partial charge in [-0.05, 0) is 59.3 Å². The van der Waals surface area contributed by atoms with Crippen molar-refractivity contribution >= 4 is 82.3 Å². The highest BCUT2D eigenvalue weighted by atomic mass is 32.2. The van der Waals surface area contributed by atoms with Crippen LogP contribution in [-0.2, 0) is 19.1 Å². The van der Waals surface area contributed by atoms with E-state index in [0.29, 0.717) is 26.3 Å². The maximum atomic E-state index is 11.2. The number of hydrogen-bond donors (Lipinski definition) is 3. The topological polar surface area (TPSA) is 71.1 Å². The second-order valence-corrected chi connectivity index (χ2v) is 10.6. The van der Waals surface area contributed by atoms with Crippen molar-refractivity contribution in [1.29, 1.82) is 0 Å². The zero-order valence-electron chi connectivity index (χ0n) is 21.9. The molecule has 0 atom stereocenters. The second kappa shape index (κ2) is 17.8. The lowest BCUT2D eigenvalue weighted by Gasteiger charge is -2.19. The third-order valence-corrected chi connectivity index (χ3v) is 7.92. The number of carbonyl (C=O) groups is 2. The Labute approximate surface area is 250 Å². The number of nitrogens with zero attached hydrogens (tertiary/aromatic N) is 2. The molecule has 0 bridgehead atoms. The Hall–Kier alpha value is -2.70. The number of anilines is 2. The number of benzene rings is 2. The molecule has 0 radical (unpaired) electrons. The Morgan fingerprint density at radius 1 is 0.769 bits per heavy atom. The summed E-state index contributed by atoms with van der Waals surface area (Å²) >= 11 is 12.0. The predicted octanol–water partition coefficient (Wildman–Crippen LogP) is 6.06. The lowest BCUT2D eigenvalue weighted by Crippen LogP contribution is -2.23. The summed E-state index contributed by atoms with van der Waals surface area (Å²) in [7, 11) is 3.88. The van der Waals surface area contributed by atoms with Crippen molar-refractivity contribution in [2.24, 2.45) is 0 Å². The summed E-state index contributed by atoms with van der Waals surface area (Å²) < 4.78 is 13.2. The molecule has 0 aliphatic heterocycles. The summed E-state index contributed by atoms with van der Waals surface area (Å²) in [5.41, 5.74) is 4.00. The van der Waals surface area contributed by atoms with Crippen LogP contribution in [0, 0.1) is 0 Å². The molecule has 0 amide bonds. The third-order valence-electron chi connectivity index (χ3n) is 5.32. The average molecular weight is 604 g/mol. The molecule has 0 saturated carbocycles. The molecule has 0 fully saturated rings. The molecule has 2 aromatic carbocycles. The minimum absolute atomic E-state index is 0.294. The first-order valence-electron chi connectivity index (χ1n) is 11.8. The Morgan fingerprint density at radius 2 is 1.13 bits per heavy atom. The highest BCUT2D eigenvalue weighted by Gasteiger charge is 2.05. The summed E-state index contributed by atoms with van der Waals surface area (Å²) in [6.07, 6.45) is 2.31. The van der Waals surface area contributed by atoms with Gasteiger partial charge in [-0.25, -0.2) is 13.7 Å². The van der Waals surface area contributed by atoms with Crippen molar-refractivity contribution in [2.75, 3.05) is 50.2 Å². The minimum atomic E-state index is -0.422. The first kappa shape index (κ1) is 32.5. The van der Waals surface area contributed by atoms with Crippen LogP contribution in [0.3, 0.4) is 0 Å². The monoisotopic (exact) mass is 603 g/mol. The number of esters is 2. The fourth-order valence-corrected chi connectivity index (χ4v) is 4.76. The second-order valence-electron chi connectivity index (χ2n) is 8.01. The van der Waals surface area contributed by atoms with Crippen LogP contribution in [0.4, 0.5) is 11.4 Å². The average Bonchev–Trinajstić information content (AvgIpc) is 2.96. The summed E-state index contributed by atoms with van der Waals surface area (Å²) in [5.74, 6) is -0.843. The van der Waals surface area contributed by atoms with Gasteiger partial charge in [0.25, 0.3) is 0 Å². The van der Waals surface area contributed by atoms with Gasteiger partial charge in [-0.1, -0.05) is 37.4 Å². The van der Waals surface area contributed by atoms with Crippen LogP contribution in [0.15, 0.2) is 84.7 Å². The van der Waals surface area contributed by atoms with Crippen LogP contribution in [0.1, 0.15) is 11.1 Å². The summed E-state index contributed by atoms with van der Waals surface area (Å²) in [6.45, 7) is 8.52. The van der Waals surface area contributed by atoms with Crippen molar-refractivity contribution in [2.45, 2.75) is 0 Å². The molecule has 0 unspecified atom stereocenters. The molecule has 208 valence electrons. The van der Waals surface area contributed by atoms with Gasteiger partial charge in [0.05, 0.1) is 13.1 Å². The van der Waals surface area contributed by atoms with Crippen LogP contribution < -0.4 is 13.9 Å². The number of thiol groups is 2. The number of rotatable bonds is 16.